The molecule has 0 aliphatic carbocycles. The number of aromatic nitrogens is 2. The van der Waals surface area contributed by atoms with Crippen LogP contribution < -0.4 is 5.32 Å². The van der Waals surface area contributed by atoms with Crippen molar-refractivity contribution in [1.82, 2.24) is 10.2 Å². The fraction of sp³-hybridized carbons (Fsp3) is 0.250. The second-order valence-corrected chi connectivity index (χ2v) is 5.23. The zero-order chi connectivity index (χ0) is 13.1. The van der Waals surface area contributed by atoms with Crippen molar-refractivity contribution in [3.8, 4) is 0 Å². The molecule has 2 aromatic rings. The summed E-state index contributed by atoms with van der Waals surface area (Å²) in [5.41, 5.74) is 0.130. The molecule has 1 atom stereocenters. The lowest BCUT2D eigenvalue weighted by atomic mass is 10.2. The number of thiophene rings is 1. The molecule has 0 amide bonds. The summed E-state index contributed by atoms with van der Waals surface area (Å²) in [5, 5.41) is 19.7. The molecule has 6 heteroatoms. The largest absolute Gasteiger partial charge is 0.478 e. The van der Waals surface area contributed by atoms with Crippen molar-refractivity contribution in [2.45, 2.75) is 19.9 Å². The molecule has 0 saturated carbocycles. The molecule has 5 nitrogen and oxygen atoms in total. The molecule has 2 aromatic heterocycles. The van der Waals surface area contributed by atoms with E-state index in [1.807, 2.05) is 26.0 Å². The van der Waals surface area contributed by atoms with E-state index in [1.165, 1.54) is 17.1 Å². The number of carboxylic acid groups (broad SMARTS) is 1. The molecule has 94 valence electrons. The van der Waals surface area contributed by atoms with Gasteiger partial charge in [-0.3, -0.25) is 0 Å². The smallest absolute Gasteiger partial charge is 0.339 e. The van der Waals surface area contributed by atoms with Crippen LogP contribution in [-0.4, -0.2) is 21.3 Å². The molecular weight excluding hydrogens is 250 g/mol. The van der Waals surface area contributed by atoms with Crippen LogP contribution in [0.25, 0.3) is 0 Å². The van der Waals surface area contributed by atoms with Gasteiger partial charge in [0.25, 0.3) is 0 Å². The van der Waals surface area contributed by atoms with Crippen LogP contribution in [-0.2, 0) is 0 Å². The van der Waals surface area contributed by atoms with Gasteiger partial charge in [-0.1, -0.05) is 0 Å². The second-order valence-electron chi connectivity index (χ2n) is 3.91. The van der Waals surface area contributed by atoms with Gasteiger partial charge < -0.3 is 10.4 Å². The molecule has 0 aromatic carbocycles. The summed E-state index contributed by atoms with van der Waals surface area (Å²) in [7, 11) is 0. The summed E-state index contributed by atoms with van der Waals surface area (Å²) in [5.74, 6) is -0.717. The Morgan fingerprint density at radius 1 is 1.44 bits per heavy atom. The van der Waals surface area contributed by atoms with Crippen LogP contribution in [0.5, 0.6) is 0 Å². The van der Waals surface area contributed by atoms with Gasteiger partial charge in [0.05, 0.1) is 12.2 Å². The lowest BCUT2D eigenvalue weighted by Gasteiger charge is -2.13. The Morgan fingerprint density at radius 3 is 2.83 bits per heavy atom. The number of carboxylic acids is 1. The summed E-state index contributed by atoms with van der Waals surface area (Å²) < 4.78 is 0. The monoisotopic (exact) mass is 263 g/mol. The SMILES string of the molecule is Cc1ccc(C(C)Nc2nnccc2C(=O)O)s1. The van der Waals surface area contributed by atoms with E-state index in [2.05, 4.69) is 15.5 Å². The van der Waals surface area contributed by atoms with Crippen LogP contribution in [0.1, 0.15) is 33.1 Å². The number of nitrogens with zero attached hydrogens (tertiary/aromatic N) is 2. The van der Waals surface area contributed by atoms with Gasteiger partial charge in [0.1, 0.15) is 5.56 Å². The first-order chi connectivity index (χ1) is 8.58. The minimum absolute atomic E-state index is 0.00139. The zero-order valence-electron chi connectivity index (χ0n) is 10.0. The van der Waals surface area contributed by atoms with Gasteiger partial charge in [0.2, 0.25) is 0 Å². The molecule has 0 bridgehead atoms. The highest BCUT2D eigenvalue weighted by atomic mass is 32.1. The molecule has 2 rings (SSSR count). The van der Waals surface area contributed by atoms with Crippen LogP contribution in [0.3, 0.4) is 0 Å². The Morgan fingerprint density at radius 2 is 2.22 bits per heavy atom. The Balaban J connectivity index is 2.21. The highest BCUT2D eigenvalue weighted by Gasteiger charge is 2.15. The second kappa shape index (κ2) is 5.14. The predicted molar refractivity (Wildman–Crippen MR) is 70.1 cm³/mol. The van der Waals surface area contributed by atoms with Gasteiger partial charge >= 0.3 is 5.97 Å². The van der Waals surface area contributed by atoms with E-state index >= 15 is 0 Å². The first-order valence-electron chi connectivity index (χ1n) is 5.46. The molecule has 18 heavy (non-hydrogen) atoms. The number of anilines is 1. The number of rotatable bonds is 4. The van der Waals surface area contributed by atoms with Gasteiger partial charge in [0, 0.05) is 9.75 Å². The van der Waals surface area contributed by atoms with Crippen molar-refractivity contribution in [2.75, 3.05) is 5.32 Å². The van der Waals surface area contributed by atoms with Crippen LogP contribution in [0.4, 0.5) is 5.82 Å². The van der Waals surface area contributed by atoms with Crippen LogP contribution in [0.2, 0.25) is 0 Å². The molecule has 0 radical (unpaired) electrons. The third kappa shape index (κ3) is 2.65. The molecule has 0 aliphatic rings. The number of hydrogen-bond acceptors (Lipinski definition) is 5. The fourth-order valence-corrected chi connectivity index (χ4v) is 2.45. The molecule has 0 saturated heterocycles. The Hall–Kier alpha value is -1.95. The van der Waals surface area contributed by atoms with Crippen molar-refractivity contribution in [3.63, 3.8) is 0 Å². The first kappa shape index (κ1) is 12.5. The zero-order valence-corrected chi connectivity index (χ0v) is 10.9. The van der Waals surface area contributed by atoms with Gasteiger partial charge in [-0.25, -0.2) is 4.79 Å². The molecule has 1 unspecified atom stereocenters. The van der Waals surface area contributed by atoms with Crippen LogP contribution in [0.15, 0.2) is 24.4 Å². The van der Waals surface area contributed by atoms with Gasteiger partial charge in [-0.05, 0) is 32.0 Å². The number of aromatic carboxylic acids is 1. The minimum atomic E-state index is -1.01. The number of hydrogen-bond donors (Lipinski definition) is 2. The predicted octanol–water partition coefficient (Wildman–Crippen LogP) is 2.72. The summed E-state index contributed by atoms with van der Waals surface area (Å²) >= 11 is 1.67. The molecular formula is C12H13N3O2S. The van der Waals surface area contributed by atoms with E-state index in [4.69, 9.17) is 5.11 Å². The topological polar surface area (TPSA) is 75.1 Å². The van der Waals surface area contributed by atoms with E-state index in [9.17, 15) is 4.79 Å². The maximum Gasteiger partial charge on any atom is 0.339 e. The number of aryl methyl sites for hydroxylation is 1. The van der Waals surface area contributed by atoms with Crippen molar-refractivity contribution in [1.29, 1.82) is 0 Å². The third-order valence-electron chi connectivity index (χ3n) is 2.49. The van der Waals surface area contributed by atoms with Crippen molar-refractivity contribution in [2.24, 2.45) is 0 Å². The lowest BCUT2D eigenvalue weighted by Crippen LogP contribution is -2.12. The highest BCUT2D eigenvalue weighted by Crippen LogP contribution is 2.25. The maximum absolute atomic E-state index is 11.0. The first-order valence-corrected chi connectivity index (χ1v) is 6.27. The van der Waals surface area contributed by atoms with Crippen molar-refractivity contribution in [3.05, 3.63) is 39.7 Å². The van der Waals surface area contributed by atoms with Crippen molar-refractivity contribution >= 4 is 23.1 Å². The standard InChI is InChI=1S/C12H13N3O2S/c1-7-3-4-10(18-7)8(2)14-11-9(12(16)17)5-6-13-15-11/h3-6,8H,1-2H3,(H,14,15)(H,16,17). The average Bonchev–Trinajstić information content (AvgIpc) is 2.76. The van der Waals surface area contributed by atoms with Gasteiger partial charge in [-0.2, -0.15) is 5.10 Å². The molecule has 0 spiro atoms. The minimum Gasteiger partial charge on any atom is -0.478 e. The van der Waals surface area contributed by atoms with E-state index < -0.39 is 5.97 Å². The van der Waals surface area contributed by atoms with Gasteiger partial charge in [-0.15, -0.1) is 16.4 Å². The van der Waals surface area contributed by atoms with E-state index in [0.29, 0.717) is 5.82 Å². The summed E-state index contributed by atoms with van der Waals surface area (Å²) in [6.45, 7) is 4.00. The lowest BCUT2D eigenvalue weighted by molar-refractivity contribution is 0.0697. The Labute approximate surface area is 109 Å². The van der Waals surface area contributed by atoms with Gasteiger partial charge in [0.15, 0.2) is 5.82 Å². The summed E-state index contributed by atoms with van der Waals surface area (Å²) in [4.78, 5) is 13.4. The Bertz CT molecular complexity index is 568. The summed E-state index contributed by atoms with van der Waals surface area (Å²) in [6.07, 6.45) is 1.37. The quantitative estimate of drug-likeness (QED) is 0.887. The fourth-order valence-electron chi connectivity index (χ4n) is 1.57. The van der Waals surface area contributed by atoms with E-state index in [1.54, 1.807) is 11.3 Å². The third-order valence-corrected chi connectivity index (χ3v) is 3.68. The normalized spacial score (nSPS) is 12.1. The van der Waals surface area contributed by atoms with Crippen LogP contribution >= 0.6 is 11.3 Å². The molecule has 2 heterocycles. The number of carbonyl (C=O) groups is 1. The average molecular weight is 263 g/mol. The van der Waals surface area contributed by atoms with E-state index in [-0.39, 0.29) is 11.6 Å². The molecule has 0 aliphatic heterocycles. The molecule has 2 N–H and O–H groups in total. The van der Waals surface area contributed by atoms with E-state index in [0.717, 1.165) is 4.88 Å². The van der Waals surface area contributed by atoms with Crippen molar-refractivity contribution < 1.29 is 9.90 Å². The summed E-state index contributed by atoms with van der Waals surface area (Å²) in [6, 6.07) is 5.49. The highest BCUT2D eigenvalue weighted by molar-refractivity contribution is 7.12. The Kier molecular flexibility index (Phi) is 3.57. The van der Waals surface area contributed by atoms with Crippen LogP contribution in [0, 0.1) is 6.92 Å². The molecule has 0 fully saturated rings. The maximum atomic E-state index is 11.0. The number of nitrogens with one attached hydrogen (secondary N) is 1.